The Morgan fingerprint density at radius 3 is 2.67 bits per heavy atom. The third-order valence-corrected chi connectivity index (χ3v) is 8.14. The zero-order valence-corrected chi connectivity index (χ0v) is 18.3. The number of rotatable bonds is 3. The summed E-state index contributed by atoms with van der Waals surface area (Å²) in [6.07, 6.45) is 3.95. The van der Waals surface area contributed by atoms with Gasteiger partial charge in [-0.25, -0.2) is 0 Å². The summed E-state index contributed by atoms with van der Waals surface area (Å²) in [7, 11) is 0. The van der Waals surface area contributed by atoms with Crippen LogP contribution in [0.15, 0.2) is 66.7 Å². The summed E-state index contributed by atoms with van der Waals surface area (Å²) >= 11 is 0. The van der Waals surface area contributed by atoms with Gasteiger partial charge in [-0.1, -0.05) is 30.3 Å². The maximum atomic E-state index is 13.1. The van der Waals surface area contributed by atoms with Gasteiger partial charge >= 0.3 is 0 Å². The number of benzene rings is 3. The van der Waals surface area contributed by atoms with E-state index in [0.29, 0.717) is 40.6 Å². The average molecular weight is 439 g/mol. The van der Waals surface area contributed by atoms with Gasteiger partial charge in [-0.3, -0.25) is 4.79 Å². The van der Waals surface area contributed by atoms with E-state index in [1.165, 1.54) is 36.1 Å². The van der Waals surface area contributed by atoms with Gasteiger partial charge in [0.05, 0.1) is 6.04 Å². The Kier molecular flexibility index (Phi) is 4.20. The minimum atomic E-state index is -0.0958. The smallest absolute Gasteiger partial charge is 0.255 e. The lowest BCUT2D eigenvalue weighted by atomic mass is 9.68. The molecule has 2 N–H and O–H groups in total. The van der Waals surface area contributed by atoms with Crippen molar-refractivity contribution in [2.45, 2.75) is 31.2 Å². The first-order valence-electron chi connectivity index (χ1n) is 11.9. The molecule has 3 aromatic carbocycles. The van der Waals surface area contributed by atoms with Crippen molar-refractivity contribution in [1.29, 1.82) is 0 Å². The second-order valence-electron chi connectivity index (χ2n) is 9.79. The molecule has 1 amide bonds. The molecule has 0 aromatic heterocycles. The highest BCUT2D eigenvalue weighted by molar-refractivity contribution is 6.05. The SMILES string of the molecule is O=C(Nc1ccc2c(c1)OCO2)c1ccc2c(c1)[C@H]1[C@H]3CC[C@H](C3)[C@H]1[C@@H](c1ccccc1)N2. The maximum Gasteiger partial charge on any atom is 0.255 e. The number of fused-ring (bicyclic) bond motifs is 8. The highest BCUT2D eigenvalue weighted by Gasteiger charge is 2.53. The van der Waals surface area contributed by atoms with Crippen molar-refractivity contribution in [3.8, 4) is 11.5 Å². The standard InChI is InChI=1S/C28H26N2O3/c31-28(29-20-9-11-23-24(14-20)33-15-32-23)19-8-10-22-21(13-19)25-17-6-7-18(12-17)26(25)27(30-22)16-4-2-1-3-5-16/h1-5,8-11,13-14,17-18,25-27,30H,6-7,12,15H2,(H,29,31)/t17-,18+,25+,26+,27+/m0/s1. The molecule has 2 aliphatic carbocycles. The highest BCUT2D eigenvalue weighted by atomic mass is 16.7. The lowest BCUT2D eigenvalue weighted by molar-refractivity contribution is 0.102. The Labute approximate surface area is 193 Å². The van der Waals surface area contributed by atoms with Gasteiger partial charge in [0.25, 0.3) is 5.91 Å². The van der Waals surface area contributed by atoms with E-state index in [1.54, 1.807) is 0 Å². The number of amides is 1. The number of hydrogen-bond acceptors (Lipinski definition) is 4. The Balaban J connectivity index is 1.21. The van der Waals surface area contributed by atoms with Crippen LogP contribution in [0.3, 0.4) is 0 Å². The molecule has 166 valence electrons. The fourth-order valence-electron chi connectivity index (χ4n) is 6.80. The maximum absolute atomic E-state index is 13.1. The molecule has 3 aromatic rings. The van der Waals surface area contributed by atoms with Crippen LogP contribution in [-0.2, 0) is 0 Å². The molecule has 2 heterocycles. The van der Waals surface area contributed by atoms with Gasteiger partial charge in [0.1, 0.15) is 0 Å². The third kappa shape index (κ3) is 3.02. The first-order valence-corrected chi connectivity index (χ1v) is 11.9. The quantitative estimate of drug-likeness (QED) is 0.529. The van der Waals surface area contributed by atoms with E-state index >= 15 is 0 Å². The van der Waals surface area contributed by atoms with Gasteiger partial charge in [0, 0.05) is 23.0 Å². The van der Waals surface area contributed by atoms with Gasteiger partial charge in [-0.05, 0) is 84.4 Å². The van der Waals surface area contributed by atoms with Crippen molar-refractivity contribution < 1.29 is 14.3 Å². The van der Waals surface area contributed by atoms with Crippen LogP contribution in [0.5, 0.6) is 11.5 Å². The van der Waals surface area contributed by atoms with Gasteiger partial charge in [-0.15, -0.1) is 0 Å². The van der Waals surface area contributed by atoms with E-state index < -0.39 is 0 Å². The summed E-state index contributed by atoms with van der Waals surface area (Å²) in [5.74, 6) is 3.87. The van der Waals surface area contributed by atoms with E-state index in [0.717, 1.165) is 11.8 Å². The largest absolute Gasteiger partial charge is 0.454 e. The van der Waals surface area contributed by atoms with Crippen molar-refractivity contribution in [2.24, 2.45) is 17.8 Å². The van der Waals surface area contributed by atoms with Crippen LogP contribution in [0.4, 0.5) is 11.4 Å². The Hall–Kier alpha value is -3.47. The van der Waals surface area contributed by atoms with Crippen LogP contribution in [-0.4, -0.2) is 12.7 Å². The minimum Gasteiger partial charge on any atom is -0.454 e. The van der Waals surface area contributed by atoms with Gasteiger partial charge in [0.15, 0.2) is 11.5 Å². The molecule has 5 heteroatoms. The summed E-state index contributed by atoms with van der Waals surface area (Å²) in [6.45, 7) is 0.221. The number of anilines is 2. The molecule has 2 bridgehead atoms. The molecule has 2 aliphatic heterocycles. The molecule has 5 nitrogen and oxygen atoms in total. The number of carbonyl (C=O) groups excluding carboxylic acids is 1. The lowest BCUT2D eigenvalue weighted by Crippen LogP contribution is -2.35. The zero-order valence-electron chi connectivity index (χ0n) is 18.3. The summed E-state index contributed by atoms with van der Waals surface area (Å²) < 4.78 is 10.8. The predicted molar refractivity (Wildman–Crippen MR) is 127 cm³/mol. The van der Waals surface area contributed by atoms with Gasteiger partial charge < -0.3 is 20.1 Å². The topological polar surface area (TPSA) is 59.6 Å². The van der Waals surface area contributed by atoms with E-state index in [4.69, 9.17) is 9.47 Å². The Bertz CT molecular complexity index is 1240. The monoisotopic (exact) mass is 438 g/mol. The summed E-state index contributed by atoms with van der Waals surface area (Å²) in [4.78, 5) is 13.1. The van der Waals surface area contributed by atoms with Crippen LogP contribution >= 0.6 is 0 Å². The molecule has 0 saturated heterocycles. The average Bonchev–Trinajstić information content (AvgIpc) is 3.60. The molecule has 33 heavy (non-hydrogen) atoms. The summed E-state index contributed by atoms with van der Waals surface area (Å²) in [5, 5.41) is 6.88. The van der Waals surface area contributed by atoms with E-state index in [1.807, 2.05) is 24.3 Å². The number of carbonyl (C=O) groups is 1. The van der Waals surface area contributed by atoms with E-state index in [-0.39, 0.29) is 12.7 Å². The van der Waals surface area contributed by atoms with Crippen molar-refractivity contribution in [1.82, 2.24) is 0 Å². The molecular formula is C28H26N2O3. The Morgan fingerprint density at radius 2 is 1.76 bits per heavy atom. The van der Waals surface area contributed by atoms with Crippen molar-refractivity contribution in [3.63, 3.8) is 0 Å². The second-order valence-corrected chi connectivity index (χ2v) is 9.79. The fourth-order valence-corrected chi connectivity index (χ4v) is 6.80. The van der Waals surface area contributed by atoms with Crippen LogP contribution in [0.2, 0.25) is 0 Å². The van der Waals surface area contributed by atoms with Crippen LogP contribution in [0.1, 0.15) is 52.7 Å². The fraction of sp³-hybridized carbons (Fsp3) is 0.321. The molecule has 2 saturated carbocycles. The zero-order chi connectivity index (χ0) is 21.9. The number of ether oxygens (including phenoxy) is 2. The van der Waals surface area contributed by atoms with Gasteiger partial charge in [-0.2, -0.15) is 0 Å². The summed E-state index contributed by atoms with van der Waals surface area (Å²) in [5.41, 5.74) is 5.28. The van der Waals surface area contributed by atoms with Crippen LogP contribution in [0.25, 0.3) is 0 Å². The highest BCUT2D eigenvalue weighted by Crippen LogP contribution is 2.63. The van der Waals surface area contributed by atoms with Crippen LogP contribution in [0, 0.1) is 17.8 Å². The molecular weight excluding hydrogens is 412 g/mol. The normalized spacial score (nSPS) is 28.1. The Morgan fingerprint density at radius 1 is 0.909 bits per heavy atom. The lowest BCUT2D eigenvalue weighted by Gasteiger charge is -2.43. The summed E-state index contributed by atoms with van der Waals surface area (Å²) in [6, 6.07) is 22.9. The van der Waals surface area contributed by atoms with Crippen molar-refractivity contribution >= 4 is 17.3 Å². The molecule has 0 radical (unpaired) electrons. The third-order valence-electron chi connectivity index (χ3n) is 8.14. The molecule has 7 rings (SSSR count). The second kappa shape index (κ2) is 7.27. The van der Waals surface area contributed by atoms with E-state index in [2.05, 4.69) is 53.1 Å². The molecule has 2 fully saturated rings. The number of hydrogen-bond donors (Lipinski definition) is 2. The first kappa shape index (κ1) is 19.0. The predicted octanol–water partition coefficient (Wildman–Crippen LogP) is 5.96. The molecule has 4 aliphatic rings. The molecule has 0 unspecified atom stereocenters. The van der Waals surface area contributed by atoms with Gasteiger partial charge in [0.2, 0.25) is 6.79 Å². The van der Waals surface area contributed by atoms with Crippen molar-refractivity contribution in [3.05, 3.63) is 83.4 Å². The minimum absolute atomic E-state index is 0.0958. The molecule has 5 atom stereocenters. The van der Waals surface area contributed by atoms with Crippen LogP contribution < -0.4 is 20.1 Å². The molecule has 0 spiro atoms. The van der Waals surface area contributed by atoms with Crippen molar-refractivity contribution in [2.75, 3.05) is 17.4 Å². The van der Waals surface area contributed by atoms with E-state index in [9.17, 15) is 4.79 Å². The number of nitrogens with one attached hydrogen (secondary N) is 2. The first-order chi connectivity index (χ1) is 16.2.